The zero-order chi connectivity index (χ0) is 19.4. The lowest BCUT2D eigenvalue weighted by atomic mass is 10.1. The van der Waals surface area contributed by atoms with Crippen molar-refractivity contribution in [3.8, 4) is 11.3 Å². The van der Waals surface area contributed by atoms with Crippen molar-refractivity contribution >= 4 is 44.0 Å². The lowest BCUT2D eigenvalue weighted by Gasteiger charge is -2.02. The van der Waals surface area contributed by atoms with Gasteiger partial charge < -0.3 is 0 Å². The molecule has 0 unspecified atom stereocenters. The number of carbonyl (C=O) groups excluding carboxylic acids is 1. The fraction of sp³-hybridized carbons (Fsp3) is 0.158. The molecule has 27 heavy (non-hydrogen) atoms. The molecule has 1 amide bonds. The molecule has 0 saturated heterocycles. The second-order valence-electron chi connectivity index (χ2n) is 5.78. The number of hydrogen-bond acceptors (Lipinski definition) is 5. The summed E-state index contributed by atoms with van der Waals surface area (Å²) in [6, 6.07) is 13.7. The van der Waals surface area contributed by atoms with E-state index in [1.54, 1.807) is 6.07 Å². The topological polar surface area (TPSA) is 85.1 Å². The van der Waals surface area contributed by atoms with E-state index >= 15 is 0 Å². The summed E-state index contributed by atoms with van der Waals surface area (Å²) in [4.78, 5) is 28.8. The molecule has 6 nitrogen and oxygen atoms in total. The van der Waals surface area contributed by atoms with Gasteiger partial charge in [0.05, 0.1) is 10.6 Å². The molecule has 2 aromatic carbocycles. The number of aromatic nitrogens is 1. The van der Waals surface area contributed by atoms with E-state index < -0.39 is 10.8 Å². The summed E-state index contributed by atoms with van der Waals surface area (Å²) >= 11 is 4.82. The van der Waals surface area contributed by atoms with Gasteiger partial charge in [-0.2, -0.15) is 0 Å². The van der Waals surface area contributed by atoms with Gasteiger partial charge in [-0.3, -0.25) is 20.2 Å². The summed E-state index contributed by atoms with van der Waals surface area (Å²) in [5.41, 5.74) is 1.57. The number of halogens is 1. The number of benzene rings is 2. The maximum absolute atomic E-state index is 12.5. The Morgan fingerprint density at radius 2 is 1.93 bits per heavy atom. The molecule has 1 aromatic heterocycles. The minimum Gasteiger partial charge on any atom is -0.298 e. The summed E-state index contributed by atoms with van der Waals surface area (Å²) in [7, 11) is 0. The van der Waals surface area contributed by atoms with Crippen molar-refractivity contribution in [3.05, 3.63) is 73.6 Å². The predicted molar refractivity (Wildman–Crippen MR) is 110 cm³/mol. The zero-order valence-electron chi connectivity index (χ0n) is 14.4. The molecule has 0 saturated carbocycles. The van der Waals surface area contributed by atoms with Gasteiger partial charge in [0.15, 0.2) is 5.13 Å². The summed E-state index contributed by atoms with van der Waals surface area (Å²) in [6.45, 7) is 2.08. The number of nitro benzene ring substituents is 1. The number of para-hydroxylation sites is 1. The number of rotatable bonds is 6. The number of hydrogen-bond donors (Lipinski definition) is 1. The molecule has 0 bridgehead atoms. The Balaban J connectivity index is 1.92. The van der Waals surface area contributed by atoms with Crippen LogP contribution in [0.4, 0.5) is 10.8 Å². The summed E-state index contributed by atoms with van der Waals surface area (Å²) < 4.78 is 0.975. The van der Waals surface area contributed by atoms with Crippen LogP contribution in [0.3, 0.4) is 0 Å². The van der Waals surface area contributed by atoms with Crippen LogP contribution < -0.4 is 5.32 Å². The smallest absolute Gasteiger partial charge is 0.282 e. The first-order valence-corrected chi connectivity index (χ1v) is 9.91. The molecule has 1 N–H and O–H groups in total. The van der Waals surface area contributed by atoms with Crippen molar-refractivity contribution in [2.75, 3.05) is 5.32 Å². The van der Waals surface area contributed by atoms with Crippen LogP contribution in [0.25, 0.3) is 11.3 Å². The number of nitrogens with one attached hydrogen (secondary N) is 1. The first kappa shape index (κ1) is 19.2. The molecule has 0 spiro atoms. The van der Waals surface area contributed by atoms with Gasteiger partial charge in [0.1, 0.15) is 5.56 Å². The Labute approximate surface area is 168 Å². The number of nitrogens with zero attached hydrogens (tertiary/aromatic N) is 2. The molecule has 0 aliphatic carbocycles. The van der Waals surface area contributed by atoms with E-state index in [1.807, 2.05) is 24.3 Å². The Morgan fingerprint density at radius 3 is 2.59 bits per heavy atom. The minimum atomic E-state index is -0.563. The minimum absolute atomic E-state index is 0.0138. The van der Waals surface area contributed by atoms with Crippen LogP contribution in [0, 0.1) is 10.1 Å². The number of nitro groups is 1. The highest BCUT2D eigenvalue weighted by atomic mass is 79.9. The van der Waals surface area contributed by atoms with E-state index in [1.165, 1.54) is 29.5 Å². The molecule has 3 aromatic rings. The van der Waals surface area contributed by atoms with Crippen LogP contribution in [0.2, 0.25) is 0 Å². The first-order chi connectivity index (χ1) is 13.0. The Kier molecular flexibility index (Phi) is 5.98. The van der Waals surface area contributed by atoms with E-state index in [0.717, 1.165) is 33.4 Å². The molecule has 0 fully saturated rings. The van der Waals surface area contributed by atoms with Gasteiger partial charge in [0, 0.05) is 21.0 Å². The third-order valence-electron chi connectivity index (χ3n) is 3.86. The monoisotopic (exact) mass is 445 g/mol. The lowest BCUT2D eigenvalue weighted by Crippen LogP contribution is -2.13. The van der Waals surface area contributed by atoms with Gasteiger partial charge in [-0.05, 0) is 24.6 Å². The van der Waals surface area contributed by atoms with Crippen LogP contribution in [0.5, 0.6) is 0 Å². The van der Waals surface area contributed by atoms with Gasteiger partial charge in [-0.15, -0.1) is 11.3 Å². The van der Waals surface area contributed by atoms with E-state index in [4.69, 9.17) is 0 Å². The van der Waals surface area contributed by atoms with Gasteiger partial charge in [-0.25, -0.2) is 4.98 Å². The average Bonchev–Trinajstić information content (AvgIpc) is 3.05. The number of thiazole rings is 1. The van der Waals surface area contributed by atoms with Crippen molar-refractivity contribution in [1.82, 2.24) is 4.98 Å². The second-order valence-corrected chi connectivity index (χ2v) is 7.78. The maximum atomic E-state index is 12.5. The molecule has 0 radical (unpaired) electrons. The van der Waals surface area contributed by atoms with E-state index in [9.17, 15) is 14.9 Å². The Bertz CT molecular complexity index is 986. The molecule has 0 aliphatic heterocycles. The third-order valence-corrected chi connectivity index (χ3v) is 5.42. The quantitative estimate of drug-likeness (QED) is 0.390. The van der Waals surface area contributed by atoms with E-state index in [2.05, 4.69) is 33.2 Å². The molecule has 1 heterocycles. The van der Waals surface area contributed by atoms with Crippen LogP contribution in [0.1, 0.15) is 28.6 Å². The Morgan fingerprint density at radius 1 is 1.22 bits per heavy atom. The van der Waals surface area contributed by atoms with Crippen LogP contribution in [-0.4, -0.2) is 15.8 Å². The first-order valence-electron chi connectivity index (χ1n) is 8.30. The highest BCUT2D eigenvalue weighted by molar-refractivity contribution is 9.10. The Hall–Kier alpha value is -2.58. The van der Waals surface area contributed by atoms with Crippen LogP contribution in [-0.2, 0) is 6.42 Å². The largest absolute Gasteiger partial charge is 0.298 e. The van der Waals surface area contributed by atoms with Gasteiger partial charge in [0.25, 0.3) is 11.6 Å². The summed E-state index contributed by atoms with van der Waals surface area (Å²) in [6.07, 6.45) is 1.79. The van der Waals surface area contributed by atoms with Crippen molar-refractivity contribution in [2.24, 2.45) is 0 Å². The normalized spacial score (nSPS) is 10.6. The van der Waals surface area contributed by atoms with Crippen LogP contribution >= 0.6 is 27.3 Å². The zero-order valence-corrected chi connectivity index (χ0v) is 16.8. The van der Waals surface area contributed by atoms with Crippen molar-refractivity contribution in [1.29, 1.82) is 0 Å². The fourth-order valence-electron chi connectivity index (χ4n) is 2.62. The number of anilines is 1. The molecule has 3 rings (SSSR count). The average molecular weight is 446 g/mol. The van der Waals surface area contributed by atoms with Gasteiger partial charge in [-0.1, -0.05) is 53.5 Å². The van der Waals surface area contributed by atoms with E-state index in [-0.39, 0.29) is 11.3 Å². The lowest BCUT2D eigenvalue weighted by molar-refractivity contribution is -0.385. The maximum Gasteiger partial charge on any atom is 0.282 e. The highest BCUT2D eigenvalue weighted by Crippen LogP contribution is 2.33. The summed E-state index contributed by atoms with van der Waals surface area (Å²) in [5.74, 6) is -0.540. The fourth-order valence-corrected chi connectivity index (χ4v) is 3.97. The highest BCUT2D eigenvalue weighted by Gasteiger charge is 2.21. The molecule has 138 valence electrons. The van der Waals surface area contributed by atoms with Gasteiger partial charge >= 0.3 is 0 Å². The third kappa shape index (κ3) is 4.40. The molecule has 8 heteroatoms. The number of carbonyl (C=O) groups is 1. The molecular weight excluding hydrogens is 430 g/mol. The second kappa shape index (κ2) is 8.41. The SMILES string of the molecule is CCCc1sc(NC(=O)c2ccccc2[N+](=O)[O-])nc1-c1ccc(Br)cc1. The molecule has 0 aliphatic rings. The van der Waals surface area contributed by atoms with Crippen LogP contribution in [0.15, 0.2) is 53.0 Å². The molecule has 0 atom stereocenters. The predicted octanol–water partition coefficient (Wildman–Crippen LogP) is 5.69. The molecular formula is C19H16BrN3O3S. The number of amides is 1. The van der Waals surface area contributed by atoms with Crippen molar-refractivity contribution in [3.63, 3.8) is 0 Å². The standard InChI is InChI=1S/C19H16BrN3O3S/c1-2-5-16-17(12-8-10-13(20)11-9-12)21-19(27-16)22-18(24)14-6-3-4-7-15(14)23(25)26/h3-4,6-11H,2,5H2,1H3,(H,21,22,24). The summed E-state index contributed by atoms with van der Waals surface area (Å²) in [5, 5.41) is 14.3. The van der Waals surface area contributed by atoms with Crippen molar-refractivity contribution in [2.45, 2.75) is 19.8 Å². The van der Waals surface area contributed by atoms with E-state index in [0.29, 0.717) is 5.13 Å². The number of aryl methyl sites for hydroxylation is 1. The van der Waals surface area contributed by atoms with Crippen molar-refractivity contribution < 1.29 is 9.72 Å². The van der Waals surface area contributed by atoms with Gasteiger partial charge in [0.2, 0.25) is 0 Å².